The number of nitrogens with two attached hydrogens (primary N) is 1. The van der Waals surface area contributed by atoms with Gasteiger partial charge in [0.1, 0.15) is 5.69 Å². The SMILES string of the molecule is CCCCCCc1ccc(-c2ccc(CN3CCN(C)CC3)cc2)nc1C(=O)NN. The minimum absolute atomic E-state index is 0.325. The number of hydrogen-bond acceptors (Lipinski definition) is 5. The highest BCUT2D eigenvalue weighted by molar-refractivity contribution is 5.93. The van der Waals surface area contributed by atoms with Crippen molar-refractivity contribution in [2.24, 2.45) is 5.84 Å². The number of likely N-dealkylation sites (N-methyl/N-ethyl adjacent to an activating group) is 1. The molecule has 0 aliphatic carbocycles. The van der Waals surface area contributed by atoms with Gasteiger partial charge in [-0.3, -0.25) is 15.1 Å². The average Bonchev–Trinajstić information content (AvgIpc) is 2.78. The lowest BCUT2D eigenvalue weighted by Crippen LogP contribution is -2.43. The van der Waals surface area contributed by atoms with Crippen LogP contribution in [0.5, 0.6) is 0 Å². The molecule has 3 rings (SSSR count). The summed E-state index contributed by atoms with van der Waals surface area (Å²) >= 11 is 0. The van der Waals surface area contributed by atoms with Crippen molar-refractivity contribution in [3.63, 3.8) is 0 Å². The highest BCUT2D eigenvalue weighted by atomic mass is 16.2. The number of unbranched alkanes of at least 4 members (excludes halogenated alkanes) is 3. The van der Waals surface area contributed by atoms with E-state index in [1.807, 2.05) is 12.1 Å². The van der Waals surface area contributed by atoms with Crippen LogP contribution >= 0.6 is 0 Å². The van der Waals surface area contributed by atoms with E-state index in [2.05, 4.69) is 58.4 Å². The molecule has 0 bridgehead atoms. The van der Waals surface area contributed by atoms with Gasteiger partial charge in [-0.2, -0.15) is 0 Å². The molecule has 2 aromatic rings. The van der Waals surface area contributed by atoms with E-state index in [4.69, 9.17) is 5.84 Å². The van der Waals surface area contributed by atoms with Crippen molar-refractivity contribution in [3.8, 4) is 11.3 Å². The zero-order chi connectivity index (χ0) is 21.3. The molecule has 6 heteroatoms. The lowest BCUT2D eigenvalue weighted by atomic mass is 10.0. The Bertz CT molecular complexity index is 813. The second kappa shape index (κ2) is 11.2. The average molecular weight is 410 g/mol. The fourth-order valence-corrected chi connectivity index (χ4v) is 3.90. The molecular formula is C24H35N5O. The molecule has 0 unspecified atom stereocenters. The lowest BCUT2D eigenvalue weighted by molar-refractivity contribution is 0.0947. The van der Waals surface area contributed by atoms with Crippen LogP contribution in [0.15, 0.2) is 36.4 Å². The maximum atomic E-state index is 12.3. The molecule has 2 heterocycles. The Morgan fingerprint density at radius 3 is 2.43 bits per heavy atom. The first-order valence-corrected chi connectivity index (χ1v) is 11.1. The van der Waals surface area contributed by atoms with Crippen LogP contribution in [0.3, 0.4) is 0 Å². The van der Waals surface area contributed by atoms with Crippen molar-refractivity contribution in [1.82, 2.24) is 20.2 Å². The van der Waals surface area contributed by atoms with Crippen molar-refractivity contribution in [2.75, 3.05) is 33.2 Å². The molecule has 1 fully saturated rings. The van der Waals surface area contributed by atoms with E-state index in [1.54, 1.807) is 0 Å². The lowest BCUT2D eigenvalue weighted by Gasteiger charge is -2.32. The quantitative estimate of drug-likeness (QED) is 0.288. The van der Waals surface area contributed by atoms with Crippen LogP contribution in [-0.2, 0) is 13.0 Å². The predicted molar refractivity (Wildman–Crippen MR) is 122 cm³/mol. The van der Waals surface area contributed by atoms with Gasteiger partial charge in [0.2, 0.25) is 0 Å². The Kier molecular flexibility index (Phi) is 8.37. The number of pyridine rings is 1. The number of rotatable bonds is 9. The van der Waals surface area contributed by atoms with Crippen LogP contribution in [0.2, 0.25) is 0 Å². The molecule has 6 nitrogen and oxygen atoms in total. The summed E-state index contributed by atoms with van der Waals surface area (Å²) in [5.41, 5.74) is 6.77. The van der Waals surface area contributed by atoms with Gasteiger partial charge in [0.15, 0.2) is 0 Å². The molecule has 1 aliphatic rings. The summed E-state index contributed by atoms with van der Waals surface area (Å²) in [6.07, 6.45) is 5.47. The third kappa shape index (κ3) is 6.11. The van der Waals surface area contributed by atoms with Gasteiger partial charge in [0, 0.05) is 38.3 Å². The Hall–Kier alpha value is -2.28. The zero-order valence-corrected chi connectivity index (χ0v) is 18.4. The van der Waals surface area contributed by atoms with E-state index in [1.165, 1.54) is 18.4 Å². The largest absolute Gasteiger partial charge is 0.304 e. The minimum Gasteiger partial charge on any atom is -0.304 e. The summed E-state index contributed by atoms with van der Waals surface area (Å²) in [4.78, 5) is 21.8. The van der Waals surface area contributed by atoms with Gasteiger partial charge >= 0.3 is 0 Å². The van der Waals surface area contributed by atoms with Gasteiger partial charge < -0.3 is 4.90 Å². The monoisotopic (exact) mass is 409 g/mol. The summed E-state index contributed by atoms with van der Waals surface area (Å²) in [6.45, 7) is 7.63. The van der Waals surface area contributed by atoms with Crippen LogP contribution in [0.25, 0.3) is 11.3 Å². The number of nitrogen functional groups attached to an aromatic ring is 1. The van der Waals surface area contributed by atoms with E-state index in [0.717, 1.165) is 68.8 Å². The van der Waals surface area contributed by atoms with Crippen LogP contribution in [0.1, 0.15) is 54.2 Å². The summed E-state index contributed by atoms with van der Waals surface area (Å²) in [5, 5.41) is 0. The molecule has 162 valence electrons. The highest BCUT2D eigenvalue weighted by Crippen LogP contribution is 2.22. The summed E-state index contributed by atoms with van der Waals surface area (Å²) in [5.74, 6) is 5.08. The second-order valence-electron chi connectivity index (χ2n) is 8.26. The van der Waals surface area contributed by atoms with Gasteiger partial charge in [-0.05, 0) is 37.1 Å². The second-order valence-corrected chi connectivity index (χ2v) is 8.26. The number of nitrogens with zero attached hydrogens (tertiary/aromatic N) is 3. The molecule has 1 saturated heterocycles. The summed E-state index contributed by atoms with van der Waals surface area (Å²) < 4.78 is 0. The third-order valence-corrected chi connectivity index (χ3v) is 5.88. The van der Waals surface area contributed by atoms with Crippen molar-refractivity contribution in [2.45, 2.75) is 45.6 Å². The zero-order valence-electron chi connectivity index (χ0n) is 18.4. The van der Waals surface area contributed by atoms with Crippen molar-refractivity contribution < 1.29 is 4.79 Å². The van der Waals surface area contributed by atoms with Crippen LogP contribution in [0, 0.1) is 0 Å². The first-order valence-electron chi connectivity index (χ1n) is 11.1. The molecular weight excluding hydrogens is 374 g/mol. The van der Waals surface area contributed by atoms with Gasteiger partial charge in [-0.1, -0.05) is 56.5 Å². The number of carbonyl (C=O) groups excluding carboxylic acids is 1. The van der Waals surface area contributed by atoms with E-state index in [0.29, 0.717) is 5.69 Å². The van der Waals surface area contributed by atoms with Gasteiger partial charge in [-0.25, -0.2) is 10.8 Å². The van der Waals surface area contributed by atoms with Gasteiger partial charge in [-0.15, -0.1) is 0 Å². The standard InChI is InChI=1S/C24H35N5O/c1-3-4-5-6-7-21-12-13-22(26-23(21)24(30)27-25)20-10-8-19(9-11-20)18-29-16-14-28(2)15-17-29/h8-13H,3-7,14-18,25H2,1-2H3,(H,27,30). The molecule has 0 radical (unpaired) electrons. The van der Waals surface area contributed by atoms with Gasteiger partial charge in [0.05, 0.1) is 5.69 Å². The molecule has 1 amide bonds. The Morgan fingerprint density at radius 2 is 1.77 bits per heavy atom. The number of carbonyl (C=O) groups is 1. The number of hydrazine groups is 1. The molecule has 30 heavy (non-hydrogen) atoms. The Morgan fingerprint density at radius 1 is 1.03 bits per heavy atom. The smallest absolute Gasteiger partial charge is 0.284 e. The number of aromatic nitrogens is 1. The first kappa shape index (κ1) is 22.4. The fourth-order valence-electron chi connectivity index (χ4n) is 3.90. The molecule has 1 aliphatic heterocycles. The van der Waals surface area contributed by atoms with Crippen LogP contribution in [0.4, 0.5) is 0 Å². The first-order chi connectivity index (χ1) is 14.6. The molecule has 1 aromatic carbocycles. The number of piperazine rings is 1. The van der Waals surface area contributed by atoms with Gasteiger partial charge in [0.25, 0.3) is 5.91 Å². The maximum absolute atomic E-state index is 12.3. The Labute approximate surface area is 180 Å². The van der Waals surface area contributed by atoms with E-state index >= 15 is 0 Å². The third-order valence-electron chi connectivity index (χ3n) is 5.88. The molecule has 0 saturated carbocycles. The van der Waals surface area contributed by atoms with E-state index in [9.17, 15) is 4.79 Å². The topological polar surface area (TPSA) is 74.5 Å². The molecule has 3 N–H and O–H groups in total. The predicted octanol–water partition coefficient (Wildman–Crippen LogP) is 3.22. The number of nitrogens with one attached hydrogen (secondary N) is 1. The van der Waals surface area contributed by atoms with Crippen molar-refractivity contribution >= 4 is 5.91 Å². The Balaban J connectivity index is 1.70. The highest BCUT2D eigenvalue weighted by Gasteiger charge is 2.15. The van der Waals surface area contributed by atoms with E-state index in [-0.39, 0.29) is 5.91 Å². The minimum atomic E-state index is -0.325. The molecule has 0 spiro atoms. The summed E-state index contributed by atoms with van der Waals surface area (Å²) in [7, 11) is 2.18. The number of amides is 1. The molecule has 1 aromatic heterocycles. The van der Waals surface area contributed by atoms with Crippen LogP contribution < -0.4 is 11.3 Å². The molecule has 0 atom stereocenters. The van der Waals surface area contributed by atoms with Crippen molar-refractivity contribution in [3.05, 3.63) is 53.2 Å². The maximum Gasteiger partial charge on any atom is 0.284 e. The normalized spacial score (nSPS) is 15.3. The van der Waals surface area contributed by atoms with Crippen molar-refractivity contribution in [1.29, 1.82) is 0 Å². The fraction of sp³-hybridized carbons (Fsp3) is 0.500. The summed E-state index contributed by atoms with van der Waals surface area (Å²) in [6, 6.07) is 12.6. The number of benzene rings is 1. The number of hydrogen-bond donors (Lipinski definition) is 2. The van der Waals surface area contributed by atoms with Crippen LogP contribution in [-0.4, -0.2) is 53.9 Å². The number of aryl methyl sites for hydroxylation is 1. The van der Waals surface area contributed by atoms with E-state index < -0.39 is 0 Å².